The van der Waals surface area contributed by atoms with E-state index in [1.165, 1.54) is 170 Å². The van der Waals surface area contributed by atoms with E-state index < -0.39 is 0 Å². The summed E-state index contributed by atoms with van der Waals surface area (Å²) in [7, 11) is 0. The molecule has 0 aliphatic heterocycles. The molecular weight excluding hydrogens is 1590 g/mol. The van der Waals surface area contributed by atoms with E-state index in [-0.39, 0.29) is 0 Å². The molecule has 0 saturated carbocycles. The Bertz CT molecular complexity index is 10200. The summed E-state index contributed by atoms with van der Waals surface area (Å²) in [5.74, 6) is 0. The number of hydrogen-bond acceptors (Lipinski definition) is 6. The molecule has 0 aliphatic rings. The second-order valence-corrected chi connectivity index (χ2v) is 34.4. The number of benzene rings is 19. The fraction of sp³-hybridized carbons (Fsp3) is 0. The highest BCUT2D eigenvalue weighted by Crippen LogP contribution is 2.49. The van der Waals surface area contributed by atoms with Crippen LogP contribution in [0, 0.1) is 0 Å². The first-order valence-electron chi connectivity index (χ1n) is 44.2. The zero-order chi connectivity index (χ0) is 84.7. The summed E-state index contributed by atoms with van der Waals surface area (Å²) in [5.41, 5.74) is 36.0. The lowest BCUT2D eigenvalue weighted by Gasteiger charge is -2.14. The molecule has 600 valence electrons. The van der Waals surface area contributed by atoms with Crippen molar-refractivity contribution in [1.82, 2.24) is 56.8 Å². The molecule has 0 saturated heterocycles. The van der Waals surface area contributed by atoms with Gasteiger partial charge in [0.1, 0.15) is 16.6 Å². The normalized spacial score (nSPS) is 12.3. The van der Waals surface area contributed by atoms with Crippen LogP contribution >= 0.6 is 0 Å². The van der Waals surface area contributed by atoms with Crippen LogP contribution in [0.15, 0.2) is 413 Å². The zero-order valence-electron chi connectivity index (χ0n) is 69.6. The predicted octanol–water partition coefficient (Wildman–Crippen LogP) is 29.8. The molecule has 12 aromatic heterocycles. The molecule has 12 heterocycles. The highest BCUT2D eigenvalue weighted by atomic mass is 15.1. The van der Waals surface area contributed by atoms with Gasteiger partial charge in [-0.1, -0.05) is 279 Å². The van der Waals surface area contributed by atoms with Crippen LogP contribution in [0.2, 0.25) is 0 Å². The second-order valence-electron chi connectivity index (χ2n) is 34.4. The largest absolute Gasteiger partial charge is 0.309 e. The maximum Gasteiger partial charge on any atom is 0.165 e. The average Bonchev–Trinajstić information content (AvgIpc) is 1.54. The third-order valence-electron chi connectivity index (χ3n) is 27.4. The molecule has 12 nitrogen and oxygen atoms in total. The topological polar surface area (TPSA) is 105 Å². The number of hydrogen-bond donors (Lipinski definition) is 0. The third kappa shape index (κ3) is 10.1. The fourth-order valence-electron chi connectivity index (χ4n) is 21.7. The minimum absolute atomic E-state index is 0.904. The summed E-state index contributed by atoms with van der Waals surface area (Å²) in [6, 6.07) is 148. The second kappa shape index (κ2) is 26.9. The molecule has 31 rings (SSSR count). The van der Waals surface area contributed by atoms with Crippen molar-refractivity contribution in [2.24, 2.45) is 0 Å². The molecule has 0 radical (unpaired) electrons. The van der Waals surface area contributed by atoms with Crippen LogP contribution in [0.25, 0.3) is 275 Å². The first-order chi connectivity index (χ1) is 64.5. The van der Waals surface area contributed by atoms with Gasteiger partial charge >= 0.3 is 0 Å². The smallest absolute Gasteiger partial charge is 0.165 e. The molecule has 0 bridgehead atoms. The summed E-state index contributed by atoms with van der Waals surface area (Å²) < 4.78 is 14.3. The lowest BCUT2D eigenvalue weighted by Crippen LogP contribution is -1.96. The van der Waals surface area contributed by atoms with Crippen LogP contribution in [0.1, 0.15) is 0 Å². The summed E-state index contributed by atoms with van der Waals surface area (Å²) in [5, 5.41) is 20.6. The number of rotatable bonds is 6. The van der Waals surface area contributed by atoms with E-state index in [2.05, 4.69) is 367 Å². The van der Waals surface area contributed by atoms with Crippen molar-refractivity contribution in [1.29, 1.82) is 0 Å². The number of aromatic nitrogens is 12. The summed E-state index contributed by atoms with van der Waals surface area (Å²) >= 11 is 0. The van der Waals surface area contributed by atoms with Crippen molar-refractivity contribution >= 4 is 224 Å². The predicted molar refractivity (Wildman–Crippen MR) is 539 cm³/mol. The SMILES string of the molecule is c1ccc(-c2cc(-c3ccccc3)cc(-n3c4ccccc4c4cc5c(cc43)c3cccc4c6nc7ccccc7nc6n5c34)c2)cc1.c1ccc(-c2ccc3c4cc5c(cc4n(-c4ccccc4)c3c2)c2cccc3c4nc6ccccc6nc4n5c23)cc1.c1ccc2cc(-n3c4ccccc4c4cc5c(cc43)c3cccc4c6nc7ccccc7nc6n5c34)ccc2c1. The molecule has 0 aliphatic carbocycles. The maximum atomic E-state index is 5.19. The van der Waals surface area contributed by atoms with E-state index in [9.17, 15) is 0 Å². The van der Waals surface area contributed by atoms with Gasteiger partial charge in [-0.15, -0.1) is 0 Å². The van der Waals surface area contributed by atoms with Crippen molar-refractivity contribution in [2.75, 3.05) is 0 Å². The van der Waals surface area contributed by atoms with Gasteiger partial charge in [0.25, 0.3) is 0 Å². The van der Waals surface area contributed by atoms with E-state index in [4.69, 9.17) is 29.9 Å². The van der Waals surface area contributed by atoms with Gasteiger partial charge in [0.2, 0.25) is 0 Å². The van der Waals surface area contributed by atoms with Gasteiger partial charge in [-0.25, -0.2) is 29.9 Å². The Labute approximate surface area is 739 Å². The summed E-state index contributed by atoms with van der Waals surface area (Å²) in [6.07, 6.45) is 0. The van der Waals surface area contributed by atoms with Crippen LogP contribution in [-0.4, -0.2) is 56.8 Å². The van der Waals surface area contributed by atoms with Gasteiger partial charge in [-0.05, 0) is 178 Å². The van der Waals surface area contributed by atoms with E-state index >= 15 is 0 Å². The molecule has 19 aromatic carbocycles. The number of para-hydroxylation sites is 12. The molecule has 0 atom stereocenters. The number of fused-ring (bicyclic) bond motifs is 31. The standard InChI is InChI=1S/C44H26N4.C38H22N4.C36H20N4/c1-3-12-27(13-4-1)29-22-30(28-14-5-2-6-15-28)24-31(23-29)47-39-21-10-7-16-32(39)35-25-41-36(26-40(35)47)33-17-11-18-34-42-44(48(41)43(33)34)46-38-20-9-8-19-37(38)45-42;1-3-10-23(11-4-1)24-18-19-26-29-21-35-30(22-34(29)41(33(26)20-24)25-12-5-2-6-13-25)27-14-9-15-28-36-38(42(35)37(27)28)40-32-17-8-7-16-31(32)39-36;1-2-9-22-18-23(17-16-21(22)8-1)39-31-15-6-3-10-24(31)27-19-33-28(20-32(27)39)25-11-7-12-26-34-36(40(33)35(25)26)38-30-14-5-4-13-29(30)37-34/h1-26H;1-22H;1-20H. The fourth-order valence-corrected chi connectivity index (χ4v) is 21.7. The van der Waals surface area contributed by atoms with Crippen LogP contribution in [0.4, 0.5) is 0 Å². The van der Waals surface area contributed by atoms with Crippen LogP contribution in [-0.2, 0) is 0 Å². The molecule has 31 aromatic rings. The van der Waals surface area contributed by atoms with E-state index in [0.717, 1.165) is 105 Å². The first kappa shape index (κ1) is 70.6. The van der Waals surface area contributed by atoms with E-state index in [1.54, 1.807) is 0 Å². The third-order valence-corrected chi connectivity index (χ3v) is 27.4. The first-order valence-corrected chi connectivity index (χ1v) is 44.2. The Morgan fingerprint density at radius 3 is 0.900 bits per heavy atom. The molecule has 0 N–H and O–H groups in total. The Kier molecular flexibility index (Phi) is 14.6. The van der Waals surface area contributed by atoms with Gasteiger partial charge < -0.3 is 13.7 Å². The van der Waals surface area contributed by atoms with E-state index in [1.807, 2.05) is 72.8 Å². The Morgan fingerprint density at radius 2 is 0.462 bits per heavy atom. The average molecular weight is 1650 g/mol. The summed E-state index contributed by atoms with van der Waals surface area (Å²) in [6.45, 7) is 0. The van der Waals surface area contributed by atoms with Gasteiger partial charge in [-0.3, -0.25) is 13.2 Å². The van der Waals surface area contributed by atoms with Crippen molar-refractivity contribution in [3.63, 3.8) is 0 Å². The molecular formula is C118H68N12. The molecule has 0 fully saturated rings. The van der Waals surface area contributed by atoms with Crippen molar-refractivity contribution in [3.05, 3.63) is 413 Å². The van der Waals surface area contributed by atoms with Crippen LogP contribution in [0.3, 0.4) is 0 Å². The van der Waals surface area contributed by atoms with Crippen LogP contribution < -0.4 is 0 Å². The van der Waals surface area contributed by atoms with Crippen LogP contribution in [0.5, 0.6) is 0 Å². The lowest BCUT2D eigenvalue weighted by atomic mass is 9.98. The van der Waals surface area contributed by atoms with Gasteiger partial charge in [0.05, 0.1) is 99.3 Å². The van der Waals surface area contributed by atoms with Gasteiger partial charge in [-0.2, -0.15) is 0 Å². The van der Waals surface area contributed by atoms with Crippen molar-refractivity contribution in [3.8, 4) is 50.4 Å². The minimum Gasteiger partial charge on any atom is -0.309 e. The van der Waals surface area contributed by atoms with Gasteiger partial charge in [0.15, 0.2) is 16.9 Å². The van der Waals surface area contributed by atoms with Crippen molar-refractivity contribution in [2.45, 2.75) is 0 Å². The highest BCUT2D eigenvalue weighted by Gasteiger charge is 2.28. The molecule has 0 unspecified atom stereocenters. The zero-order valence-corrected chi connectivity index (χ0v) is 69.6. The Hall–Kier alpha value is -17.7. The van der Waals surface area contributed by atoms with Crippen molar-refractivity contribution < 1.29 is 0 Å². The lowest BCUT2D eigenvalue weighted by molar-refractivity contribution is 1.18. The molecule has 12 heteroatoms. The minimum atomic E-state index is 0.904. The Morgan fingerprint density at radius 1 is 0.146 bits per heavy atom. The monoisotopic (exact) mass is 1650 g/mol. The molecule has 0 spiro atoms. The Balaban J connectivity index is 0.0000000964. The molecule has 0 amide bonds. The summed E-state index contributed by atoms with van der Waals surface area (Å²) in [4.78, 5) is 30.7. The van der Waals surface area contributed by atoms with E-state index in [0.29, 0.717) is 0 Å². The quantitative estimate of drug-likeness (QED) is 0.164. The number of nitrogens with zero attached hydrogens (tertiary/aromatic N) is 12. The maximum absolute atomic E-state index is 5.19. The van der Waals surface area contributed by atoms with Gasteiger partial charge in [0, 0.05) is 97.9 Å². The molecule has 130 heavy (non-hydrogen) atoms. The highest BCUT2D eigenvalue weighted by molar-refractivity contribution is 6.30.